The molecular formula is C26H24N4O6S2. The van der Waals surface area contributed by atoms with Gasteiger partial charge in [-0.05, 0) is 42.7 Å². The van der Waals surface area contributed by atoms with Gasteiger partial charge < -0.3 is 20.5 Å². The van der Waals surface area contributed by atoms with Gasteiger partial charge in [-0.15, -0.1) is 23.1 Å². The van der Waals surface area contributed by atoms with Crippen LogP contribution in [0.1, 0.15) is 44.5 Å². The van der Waals surface area contributed by atoms with Crippen LogP contribution in [-0.2, 0) is 9.53 Å². The summed E-state index contributed by atoms with van der Waals surface area (Å²) >= 11 is 2.53. The predicted molar refractivity (Wildman–Crippen MR) is 143 cm³/mol. The van der Waals surface area contributed by atoms with E-state index in [9.17, 15) is 24.3 Å². The molecule has 0 bridgehead atoms. The molecule has 5 rings (SSSR count). The third-order valence-corrected chi connectivity index (χ3v) is 8.29. The van der Waals surface area contributed by atoms with Gasteiger partial charge in [-0.1, -0.05) is 24.3 Å². The molecule has 3 aromatic rings. The predicted octanol–water partition coefficient (Wildman–Crippen LogP) is 4.22. The van der Waals surface area contributed by atoms with Crippen molar-refractivity contribution in [2.75, 3.05) is 18.2 Å². The van der Waals surface area contributed by atoms with Crippen molar-refractivity contribution in [1.29, 1.82) is 0 Å². The molecule has 2 aromatic carbocycles. The summed E-state index contributed by atoms with van der Waals surface area (Å²) in [5, 5.41) is 17.1. The highest BCUT2D eigenvalue weighted by Crippen LogP contribution is 2.42. The highest BCUT2D eigenvalue weighted by Gasteiger charge is 2.43. The zero-order chi connectivity index (χ0) is 26.8. The number of thiazole rings is 1. The van der Waals surface area contributed by atoms with E-state index in [1.54, 1.807) is 53.9 Å². The number of esters is 1. The molecule has 196 valence electrons. The van der Waals surface area contributed by atoms with Gasteiger partial charge in [-0.25, -0.2) is 14.6 Å². The van der Waals surface area contributed by atoms with Crippen molar-refractivity contribution in [2.24, 2.45) is 0 Å². The van der Waals surface area contributed by atoms with Crippen LogP contribution in [-0.4, -0.2) is 63.8 Å². The lowest BCUT2D eigenvalue weighted by molar-refractivity contribution is -0.119. The third-order valence-electron chi connectivity index (χ3n) is 6.21. The van der Waals surface area contributed by atoms with Crippen molar-refractivity contribution in [3.63, 3.8) is 0 Å². The number of rotatable bonds is 7. The second-order valence-electron chi connectivity index (χ2n) is 8.86. The van der Waals surface area contributed by atoms with Crippen molar-refractivity contribution < 1.29 is 29.0 Å². The van der Waals surface area contributed by atoms with Gasteiger partial charge in [0.05, 0.1) is 18.4 Å². The van der Waals surface area contributed by atoms with Crippen molar-refractivity contribution in [3.8, 4) is 11.3 Å². The Hall–Kier alpha value is -3.90. The van der Waals surface area contributed by atoms with E-state index in [1.807, 2.05) is 0 Å². The lowest BCUT2D eigenvalue weighted by Gasteiger charge is -2.26. The molecule has 3 amide bonds. The molecule has 1 saturated heterocycles. The first kappa shape index (κ1) is 25.7. The first-order chi connectivity index (χ1) is 18.3. The summed E-state index contributed by atoms with van der Waals surface area (Å²) in [5.74, 6) is -0.868. The first-order valence-electron chi connectivity index (χ1n) is 11.8. The lowest BCUT2D eigenvalue weighted by Crippen LogP contribution is -2.44. The molecule has 1 aliphatic carbocycles. The summed E-state index contributed by atoms with van der Waals surface area (Å²) in [6, 6.07) is 12.9. The Morgan fingerprint density at radius 2 is 1.84 bits per heavy atom. The number of nitrogens with zero attached hydrogens (tertiary/aromatic N) is 2. The van der Waals surface area contributed by atoms with E-state index < -0.39 is 29.4 Å². The number of carbonyl (C=O) groups excluding carboxylic acids is 3. The summed E-state index contributed by atoms with van der Waals surface area (Å²) < 4.78 is 4.76. The van der Waals surface area contributed by atoms with Gasteiger partial charge in [0.1, 0.15) is 11.4 Å². The molecule has 0 radical (unpaired) electrons. The second kappa shape index (κ2) is 10.8. The molecule has 10 nitrogen and oxygen atoms in total. The van der Waals surface area contributed by atoms with Crippen molar-refractivity contribution in [2.45, 2.75) is 30.3 Å². The Bertz CT molecular complexity index is 1390. The number of methoxy groups -OCH3 is 1. The highest BCUT2D eigenvalue weighted by atomic mass is 32.2. The Balaban J connectivity index is 1.26. The average molecular weight is 553 g/mol. The maximum absolute atomic E-state index is 13.1. The molecule has 2 heterocycles. The van der Waals surface area contributed by atoms with Crippen LogP contribution in [0.4, 0.5) is 9.93 Å². The zero-order valence-corrected chi connectivity index (χ0v) is 21.9. The largest absolute Gasteiger partial charge is 0.465 e. The summed E-state index contributed by atoms with van der Waals surface area (Å²) in [6.45, 7) is 0. The van der Waals surface area contributed by atoms with Gasteiger partial charge >= 0.3 is 12.1 Å². The summed E-state index contributed by atoms with van der Waals surface area (Å²) in [6.07, 6.45) is 0.795. The van der Waals surface area contributed by atoms with Crippen molar-refractivity contribution in [1.82, 2.24) is 15.2 Å². The fraction of sp³-hybridized carbons (Fsp3) is 0.269. The Morgan fingerprint density at radius 1 is 1.08 bits per heavy atom. The van der Waals surface area contributed by atoms with E-state index in [1.165, 1.54) is 30.2 Å². The first-order valence-corrected chi connectivity index (χ1v) is 13.8. The van der Waals surface area contributed by atoms with Crippen molar-refractivity contribution >= 4 is 52.1 Å². The van der Waals surface area contributed by atoms with Crippen LogP contribution >= 0.6 is 23.1 Å². The van der Waals surface area contributed by atoms with Crippen LogP contribution < -0.4 is 10.6 Å². The molecule has 1 aliphatic heterocycles. The second-order valence-corrected chi connectivity index (χ2v) is 10.8. The van der Waals surface area contributed by atoms with Gasteiger partial charge in [0.15, 0.2) is 5.13 Å². The molecule has 2 aliphatic rings. The number of hydrogen-bond acceptors (Lipinski definition) is 8. The molecule has 1 saturated carbocycles. The normalized spacial score (nSPS) is 18.6. The molecule has 1 aromatic heterocycles. The van der Waals surface area contributed by atoms with E-state index >= 15 is 0 Å². The number of aromatic nitrogens is 1. The highest BCUT2D eigenvalue weighted by molar-refractivity contribution is 7.99. The maximum Gasteiger partial charge on any atom is 0.409 e. The molecular weight excluding hydrogens is 528 g/mol. The minimum absolute atomic E-state index is 0.0991. The molecule has 2 atom stereocenters. The standard InChI is InChI=1S/C26H24N4O6S2/c1-36-24(33)17-4-2-3-16(11-17)23-30(26(34)35)20(13-37-23)22(32)29-25-28-19(12-38-25)14-5-7-15(8-6-14)21(31)27-18-9-10-18/h2-8,11-12,18,20,23H,9-10,13H2,1H3,(H,27,31)(H,34,35)(H,28,29,32). The number of carbonyl (C=O) groups is 4. The Labute approximate surface area is 226 Å². The molecule has 38 heavy (non-hydrogen) atoms. The van der Waals surface area contributed by atoms with Gasteiger partial charge in [0.2, 0.25) is 5.91 Å². The van der Waals surface area contributed by atoms with Crippen LogP contribution in [0.5, 0.6) is 0 Å². The number of thioether (sulfide) groups is 1. The number of ether oxygens (including phenoxy) is 1. The van der Waals surface area contributed by atoms with Gasteiger partial charge in [0.25, 0.3) is 5.91 Å². The van der Waals surface area contributed by atoms with Crippen LogP contribution in [0.3, 0.4) is 0 Å². The number of amides is 3. The van der Waals surface area contributed by atoms with Gasteiger partial charge in [0, 0.05) is 28.3 Å². The van der Waals surface area contributed by atoms with Gasteiger partial charge in [-0.2, -0.15) is 0 Å². The van der Waals surface area contributed by atoms with Gasteiger partial charge in [-0.3, -0.25) is 14.5 Å². The van der Waals surface area contributed by atoms with E-state index in [2.05, 4.69) is 15.6 Å². The van der Waals surface area contributed by atoms with E-state index in [4.69, 9.17) is 4.74 Å². The minimum Gasteiger partial charge on any atom is -0.465 e. The molecule has 2 fully saturated rings. The number of anilines is 1. The molecule has 3 N–H and O–H groups in total. The Kier molecular flexibility index (Phi) is 7.34. The SMILES string of the molecule is COC(=O)c1cccc(C2SCC(C(=O)Nc3nc(-c4ccc(C(=O)NC5CC5)cc4)cs3)N2C(=O)O)c1. The van der Waals surface area contributed by atoms with Crippen LogP contribution in [0.25, 0.3) is 11.3 Å². The topological polar surface area (TPSA) is 138 Å². The average Bonchev–Trinajstić information content (AvgIpc) is 3.42. The van der Waals surface area contributed by atoms with Crippen LogP contribution in [0.2, 0.25) is 0 Å². The molecule has 2 unspecified atom stereocenters. The third kappa shape index (κ3) is 5.50. The van der Waals surface area contributed by atoms with Crippen LogP contribution in [0, 0.1) is 0 Å². The smallest absolute Gasteiger partial charge is 0.409 e. The summed E-state index contributed by atoms with van der Waals surface area (Å²) in [5.41, 5.74) is 2.88. The fourth-order valence-electron chi connectivity index (χ4n) is 4.08. The van der Waals surface area contributed by atoms with E-state index in [0.717, 1.165) is 23.3 Å². The van der Waals surface area contributed by atoms with E-state index in [-0.39, 0.29) is 17.7 Å². The maximum atomic E-state index is 13.1. The molecule has 12 heteroatoms. The van der Waals surface area contributed by atoms with Crippen LogP contribution in [0.15, 0.2) is 53.9 Å². The van der Waals surface area contributed by atoms with E-state index in [0.29, 0.717) is 27.5 Å². The van der Waals surface area contributed by atoms with Crippen molar-refractivity contribution in [3.05, 3.63) is 70.6 Å². The minimum atomic E-state index is -1.24. The summed E-state index contributed by atoms with van der Waals surface area (Å²) in [7, 11) is 1.27. The quantitative estimate of drug-likeness (QED) is 0.371. The Morgan fingerprint density at radius 3 is 2.53 bits per heavy atom. The summed E-state index contributed by atoms with van der Waals surface area (Å²) in [4.78, 5) is 54.9. The number of carboxylic acid groups (broad SMARTS) is 1. The molecule has 0 spiro atoms. The monoisotopic (exact) mass is 552 g/mol. The number of hydrogen-bond donors (Lipinski definition) is 3. The number of benzene rings is 2. The zero-order valence-electron chi connectivity index (χ0n) is 20.2. The fourth-order valence-corrected chi connectivity index (χ4v) is 6.21. The lowest BCUT2D eigenvalue weighted by atomic mass is 10.1. The number of nitrogens with one attached hydrogen (secondary N) is 2.